The lowest BCUT2D eigenvalue weighted by Gasteiger charge is -2.34. The number of carbonyl (C=O) groups excluding carboxylic acids is 2. The Labute approximate surface area is 171 Å². The number of hydrogen-bond donors (Lipinski definition) is 1. The molecule has 0 spiro atoms. The van der Waals surface area contributed by atoms with Crippen LogP contribution in [0.1, 0.15) is 53.1 Å². The van der Waals surface area contributed by atoms with Gasteiger partial charge in [0.15, 0.2) is 5.76 Å². The fraction of sp³-hybridized carbons (Fsp3) is 0.478. The van der Waals surface area contributed by atoms with Crippen molar-refractivity contribution in [3.8, 4) is 0 Å². The normalized spacial score (nSPS) is 18.2. The first-order valence-electron chi connectivity index (χ1n) is 10.6. The van der Waals surface area contributed by atoms with Crippen LogP contribution in [0.25, 0.3) is 0 Å². The van der Waals surface area contributed by atoms with Crippen LogP contribution in [0, 0.1) is 0 Å². The summed E-state index contributed by atoms with van der Waals surface area (Å²) in [7, 11) is 0. The maximum atomic E-state index is 12.5. The van der Waals surface area contributed by atoms with E-state index in [2.05, 4.69) is 28.4 Å². The first-order valence-corrected chi connectivity index (χ1v) is 10.6. The van der Waals surface area contributed by atoms with Crippen molar-refractivity contribution in [3.05, 3.63) is 59.0 Å². The fourth-order valence-corrected chi connectivity index (χ4v) is 4.26. The first-order chi connectivity index (χ1) is 14.1. The maximum Gasteiger partial charge on any atom is 0.289 e. The summed E-state index contributed by atoms with van der Waals surface area (Å²) < 4.78 is 5.19. The van der Waals surface area contributed by atoms with Crippen molar-refractivity contribution < 1.29 is 14.0 Å². The molecule has 6 nitrogen and oxygen atoms in total. The molecule has 1 aromatic carbocycles. The number of piperazine rings is 1. The molecule has 1 aromatic heterocycles. The lowest BCUT2D eigenvalue weighted by atomic mass is 9.89. The molecule has 1 aliphatic heterocycles. The lowest BCUT2D eigenvalue weighted by molar-refractivity contribution is -0.123. The van der Waals surface area contributed by atoms with Crippen LogP contribution in [0.4, 0.5) is 0 Å². The molecule has 1 saturated heterocycles. The molecule has 29 heavy (non-hydrogen) atoms. The Balaban J connectivity index is 1.25. The van der Waals surface area contributed by atoms with E-state index < -0.39 is 0 Å². The highest BCUT2D eigenvalue weighted by molar-refractivity contribution is 5.91. The fourth-order valence-electron chi connectivity index (χ4n) is 4.26. The number of nitrogens with zero attached hydrogens (tertiary/aromatic N) is 2. The number of amides is 2. The van der Waals surface area contributed by atoms with Crippen molar-refractivity contribution in [1.29, 1.82) is 0 Å². The van der Waals surface area contributed by atoms with Crippen LogP contribution in [-0.4, -0.2) is 54.3 Å². The Morgan fingerprint density at radius 3 is 2.55 bits per heavy atom. The lowest BCUT2D eigenvalue weighted by Crippen LogP contribution is -2.51. The average Bonchev–Trinajstić information content (AvgIpc) is 3.28. The molecular weight excluding hydrogens is 366 g/mol. The van der Waals surface area contributed by atoms with E-state index in [-0.39, 0.29) is 17.9 Å². The summed E-state index contributed by atoms with van der Waals surface area (Å²) in [5, 5.41) is 3.13. The second-order valence-corrected chi connectivity index (χ2v) is 8.07. The van der Waals surface area contributed by atoms with Crippen molar-refractivity contribution >= 4 is 11.8 Å². The molecule has 1 fully saturated rings. The molecule has 2 aliphatic rings. The summed E-state index contributed by atoms with van der Waals surface area (Å²) in [6.07, 6.45) is 6.36. The van der Waals surface area contributed by atoms with Crippen molar-refractivity contribution in [2.24, 2.45) is 0 Å². The second kappa shape index (κ2) is 8.82. The van der Waals surface area contributed by atoms with Crippen LogP contribution in [0.15, 0.2) is 41.0 Å². The molecule has 2 amide bonds. The highest BCUT2D eigenvalue weighted by Gasteiger charge is 2.25. The first kappa shape index (κ1) is 19.7. The zero-order valence-corrected chi connectivity index (χ0v) is 17.0. The van der Waals surface area contributed by atoms with Gasteiger partial charge in [-0.2, -0.15) is 0 Å². The van der Waals surface area contributed by atoms with E-state index in [0.717, 1.165) is 6.42 Å². The van der Waals surface area contributed by atoms with E-state index in [1.807, 2.05) is 6.92 Å². The van der Waals surface area contributed by atoms with Gasteiger partial charge in [0.1, 0.15) is 0 Å². The van der Waals surface area contributed by atoms with Crippen LogP contribution in [0.3, 0.4) is 0 Å². The molecule has 1 atom stereocenters. The van der Waals surface area contributed by atoms with Crippen LogP contribution in [0.5, 0.6) is 0 Å². The molecular formula is C23H29N3O3. The molecule has 0 bridgehead atoms. The Bertz CT molecular complexity index is 854. The van der Waals surface area contributed by atoms with Gasteiger partial charge in [-0.1, -0.05) is 18.2 Å². The van der Waals surface area contributed by atoms with Crippen molar-refractivity contribution in [2.45, 2.75) is 38.6 Å². The van der Waals surface area contributed by atoms with Gasteiger partial charge in [0.05, 0.1) is 18.8 Å². The van der Waals surface area contributed by atoms with Gasteiger partial charge in [-0.15, -0.1) is 0 Å². The van der Waals surface area contributed by atoms with Gasteiger partial charge >= 0.3 is 0 Å². The highest BCUT2D eigenvalue weighted by Crippen LogP contribution is 2.24. The zero-order valence-electron chi connectivity index (χ0n) is 17.0. The largest absolute Gasteiger partial charge is 0.459 e. The Hall–Kier alpha value is -2.60. The highest BCUT2D eigenvalue weighted by atomic mass is 16.3. The summed E-state index contributed by atoms with van der Waals surface area (Å²) in [6, 6.07) is 10.0. The van der Waals surface area contributed by atoms with Gasteiger partial charge in [-0.25, -0.2) is 0 Å². The predicted octanol–water partition coefficient (Wildman–Crippen LogP) is 2.79. The molecule has 2 aromatic rings. The van der Waals surface area contributed by atoms with Crippen molar-refractivity contribution in [3.63, 3.8) is 0 Å². The number of carbonyl (C=O) groups is 2. The average molecular weight is 396 g/mol. The van der Waals surface area contributed by atoms with E-state index in [4.69, 9.17) is 4.42 Å². The molecule has 0 radical (unpaired) electrons. The second-order valence-electron chi connectivity index (χ2n) is 8.07. The van der Waals surface area contributed by atoms with Gasteiger partial charge in [0.25, 0.3) is 5.91 Å². The minimum atomic E-state index is -0.0832. The standard InChI is InChI=1S/C23H29N3O3/c1-17(19-9-8-18-5-2-3-6-20(18)15-19)24-22(27)16-25-10-12-26(13-11-25)23(28)21-7-4-14-29-21/h4,7-9,14-15,17H,2-3,5-6,10-13,16H2,1H3,(H,24,27). The van der Waals surface area contributed by atoms with Crippen molar-refractivity contribution in [1.82, 2.24) is 15.1 Å². The Kier molecular flexibility index (Phi) is 6.00. The third-order valence-corrected chi connectivity index (χ3v) is 6.01. The number of benzene rings is 1. The third kappa shape index (κ3) is 4.70. The molecule has 6 heteroatoms. The minimum absolute atomic E-state index is 0.00320. The van der Waals surface area contributed by atoms with E-state index in [9.17, 15) is 9.59 Å². The van der Waals surface area contributed by atoms with Gasteiger partial charge in [-0.05, 0) is 61.4 Å². The van der Waals surface area contributed by atoms with Gasteiger partial charge in [-0.3, -0.25) is 14.5 Å². The third-order valence-electron chi connectivity index (χ3n) is 6.01. The number of fused-ring (bicyclic) bond motifs is 1. The van der Waals surface area contributed by atoms with Crippen LogP contribution in [0.2, 0.25) is 0 Å². The zero-order chi connectivity index (χ0) is 20.2. The summed E-state index contributed by atoms with van der Waals surface area (Å²) in [6.45, 7) is 4.99. The van der Waals surface area contributed by atoms with E-state index >= 15 is 0 Å². The number of furan rings is 1. The molecule has 4 rings (SSSR count). The predicted molar refractivity (Wildman–Crippen MR) is 111 cm³/mol. The quantitative estimate of drug-likeness (QED) is 0.846. The topological polar surface area (TPSA) is 65.8 Å². The molecule has 154 valence electrons. The number of nitrogens with one attached hydrogen (secondary N) is 1. The maximum absolute atomic E-state index is 12.5. The number of hydrogen-bond acceptors (Lipinski definition) is 4. The van der Waals surface area contributed by atoms with Crippen LogP contribution >= 0.6 is 0 Å². The summed E-state index contributed by atoms with van der Waals surface area (Å²) in [5.41, 5.74) is 4.07. The van der Waals surface area contributed by atoms with E-state index in [1.165, 1.54) is 42.2 Å². The van der Waals surface area contributed by atoms with E-state index in [0.29, 0.717) is 38.5 Å². The van der Waals surface area contributed by atoms with E-state index in [1.54, 1.807) is 17.0 Å². The monoisotopic (exact) mass is 395 g/mol. The van der Waals surface area contributed by atoms with Gasteiger partial charge in [0.2, 0.25) is 5.91 Å². The Morgan fingerprint density at radius 2 is 1.83 bits per heavy atom. The van der Waals surface area contributed by atoms with Crippen LogP contribution in [-0.2, 0) is 17.6 Å². The van der Waals surface area contributed by atoms with Gasteiger partial charge in [0, 0.05) is 26.2 Å². The van der Waals surface area contributed by atoms with Gasteiger partial charge < -0.3 is 14.6 Å². The van der Waals surface area contributed by atoms with Crippen molar-refractivity contribution in [2.75, 3.05) is 32.7 Å². The summed E-state index contributed by atoms with van der Waals surface area (Å²) in [4.78, 5) is 28.7. The van der Waals surface area contributed by atoms with Crippen LogP contribution < -0.4 is 5.32 Å². The summed E-state index contributed by atoms with van der Waals surface area (Å²) >= 11 is 0. The smallest absolute Gasteiger partial charge is 0.289 e. The molecule has 1 N–H and O–H groups in total. The number of rotatable bonds is 5. The number of aryl methyl sites for hydroxylation is 2. The SMILES string of the molecule is CC(NC(=O)CN1CCN(C(=O)c2ccco2)CC1)c1ccc2c(c1)CCCC2. The molecule has 1 unspecified atom stereocenters. The summed E-state index contributed by atoms with van der Waals surface area (Å²) in [5.74, 6) is 0.316. The molecule has 2 heterocycles. The molecule has 0 saturated carbocycles. The Morgan fingerprint density at radius 1 is 1.07 bits per heavy atom. The molecule has 1 aliphatic carbocycles. The minimum Gasteiger partial charge on any atom is -0.459 e.